The van der Waals surface area contributed by atoms with Crippen molar-refractivity contribution in [2.75, 3.05) is 12.8 Å². The van der Waals surface area contributed by atoms with Gasteiger partial charge in [-0.15, -0.1) is 6.58 Å². The summed E-state index contributed by atoms with van der Waals surface area (Å²) < 4.78 is 6.92. The summed E-state index contributed by atoms with van der Waals surface area (Å²) in [6.07, 6.45) is 22.8. The fraction of sp³-hybridized carbons (Fsp3) is 0.535. The van der Waals surface area contributed by atoms with Gasteiger partial charge in [-0.1, -0.05) is 100 Å². The van der Waals surface area contributed by atoms with Crippen LogP contribution in [0.2, 0.25) is 0 Å². The third-order valence-corrected chi connectivity index (χ3v) is 13.0. The van der Waals surface area contributed by atoms with Gasteiger partial charge in [-0.25, -0.2) is 0 Å². The largest absolute Gasteiger partial charge is 0.399 e. The van der Waals surface area contributed by atoms with Gasteiger partial charge in [0.1, 0.15) is 0 Å². The summed E-state index contributed by atoms with van der Waals surface area (Å²) in [4.78, 5) is 0. The second-order valence-corrected chi connectivity index (χ2v) is 14.8. The Balaban J connectivity index is 0.000000383. The van der Waals surface area contributed by atoms with Crippen LogP contribution in [0.3, 0.4) is 0 Å². The van der Waals surface area contributed by atoms with Gasteiger partial charge in [0, 0.05) is 23.6 Å². The summed E-state index contributed by atoms with van der Waals surface area (Å²) in [7, 11) is 2.06. The minimum absolute atomic E-state index is 0.0138. The standard InChI is InChI=1S/C35H48O.C8H11N/c1-7-11-28(8-2)34(21-17-27-13-10-9-12-26(27)4)22-18-32-30-15-14-29-24-25(3)16-20-33(29,5)31(30)19-23-35(32,34)36-6;1-2-7-4-3-5-8(9)6-7/h7,9-10,12-13,16,20,24,28,30-32H,1,3,8,11,14-15,17-19,21-23H2,2,4-6H3;3-6H,2,9H2,1H3. The summed E-state index contributed by atoms with van der Waals surface area (Å²) in [5.41, 5.74) is 13.8. The van der Waals surface area contributed by atoms with Crippen molar-refractivity contribution in [1.29, 1.82) is 0 Å². The lowest BCUT2D eigenvalue weighted by molar-refractivity contribution is -0.193. The van der Waals surface area contributed by atoms with Crippen LogP contribution in [0, 0.1) is 41.4 Å². The number of methoxy groups -OCH3 is 1. The summed E-state index contributed by atoms with van der Waals surface area (Å²) in [6, 6.07) is 17.0. The smallest absolute Gasteiger partial charge is 0.0768 e. The van der Waals surface area contributed by atoms with Crippen molar-refractivity contribution >= 4 is 5.69 Å². The normalized spacial score (nSPS) is 32.3. The molecule has 7 unspecified atom stereocenters. The van der Waals surface area contributed by atoms with Crippen LogP contribution in [0.15, 0.2) is 97.1 Å². The highest BCUT2D eigenvalue weighted by Gasteiger charge is 2.67. The molecule has 2 heteroatoms. The van der Waals surface area contributed by atoms with E-state index in [0.717, 1.165) is 36.8 Å². The highest BCUT2D eigenvalue weighted by molar-refractivity contribution is 5.44. The van der Waals surface area contributed by atoms with Crippen molar-refractivity contribution in [2.45, 2.75) is 104 Å². The Morgan fingerprint density at radius 3 is 2.49 bits per heavy atom. The van der Waals surface area contributed by atoms with Gasteiger partial charge in [0.25, 0.3) is 0 Å². The van der Waals surface area contributed by atoms with Crippen molar-refractivity contribution < 1.29 is 4.74 Å². The molecule has 0 amide bonds. The molecule has 0 heterocycles. The molecular weight excluding hydrogens is 546 g/mol. The molecule has 0 bridgehead atoms. The maximum absolute atomic E-state index is 6.92. The van der Waals surface area contributed by atoms with E-state index in [1.54, 1.807) is 5.57 Å². The summed E-state index contributed by atoms with van der Waals surface area (Å²) in [6.45, 7) is 17.8. The Bertz CT molecular complexity index is 1420. The monoisotopic (exact) mass is 605 g/mol. The molecular formula is C43H59NO. The number of hydrogen-bond acceptors (Lipinski definition) is 2. The first-order valence-electron chi connectivity index (χ1n) is 17.8. The van der Waals surface area contributed by atoms with E-state index in [0.29, 0.717) is 11.8 Å². The third kappa shape index (κ3) is 6.05. The van der Waals surface area contributed by atoms with Crippen LogP contribution in [0.4, 0.5) is 5.69 Å². The van der Waals surface area contributed by atoms with Crippen LogP contribution in [-0.4, -0.2) is 12.7 Å². The summed E-state index contributed by atoms with van der Waals surface area (Å²) in [5, 5.41) is 0. The van der Waals surface area contributed by atoms with Crippen LogP contribution < -0.4 is 5.73 Å². The van der Waals surface area contributed by atoms with Gasteiger partial charge in [0.05, 0.1) is 5.60 Å². The molecule has 7 atom stereocenters. The molecule has 3 fully saturated rings. The molecule has 2 aromatic rings. The fourth-order valence-electron chi connectivity index (χ4n) is 10.7. The minimum Gasteiger partial charge on any atom is -0.399 e. The van der Waals surface area contributed by atoms with Crippen molar-refractivity contribution in [3.63, 3.8) is 0 Å². The first-order valence-corrected chi connectivity index (χ1v) is 17.8. The first kappa shape index (κ1) is 33.5. The Morgan fingerprint density at radius 2 is 1.82 bits per heavy atom. The quantitative estimate of drug-likeness (QED) is 0.228. The van der Waals surface area contributed by atoms with E-state index in [9.17, 15) is 0 Å². The summed E-state index contributed by atoms with van der Waals surface area (Å²) >= 11 is 0. The predicted molar refractivity (Wildman–Crippen MR) is 193 cm³/mol. The maximum atomic E-state index is 6.92. The number of hydrogen-bond donors (Lipinski definition) is 1. The number of rotatable bonds is 9. The molecule has 4 aliphatic rings. The van der Waals surface area contributed by atoms with Gasteiger partial charge in [-0.3, -0.25) is 0 Å². The third-order valence-electron chi connectivity index (χ3n) is 13.0. The van der Waals surface area contributed by atoms with Gasteiger partial charge in [-0.05, 0) is 129 Å². The van der Waals surface area contributed by atoms with Gasteiger partial charge in [0.15, 0.2) is 0 Å². The molecule has 2 N–H and O–H groups in total. The second kappa shape index (κ2) is 13.9. The van der Waals surface area contributed by atoms with Crippen molar-refractivity contribution in [3.8, 4) is 0 Å². The molecule has 0 aromatic heterocycles. The van der Waals surface area contributed by atoms with E-state index in [1.807, 2.05) is 18.2 Å². The van der Waals surface area contributed by atoms with Gasteiger partial charge in [0.2, 0.25) is 0 Å². The topological polar surface area (TPSA) is 35.2 Å². The van der Waals surface area contributed by atoms with E-state index in [2.05, 4.69) is 103 Å². The van der Waals surface area contributed by atoms with E-state index >= 15 is 0 Å². The zero-order valence-corrected chi connectivity index (χ0v) is 28.9. The predicted octanol–water partition coefficient (Wildman–Crippen LogP) is 11.0. The number of fused-ring (bicyclic) bond motifs is 5. The van der Waals surface area contributed by atoms with Crippen LogP contribution >= 0.6 is 0 Å². The lowest BCUT2D eigenvalue weighted by atomic mass is 9.47. The molecule has 4 aliphatic carbocycles. The number of nitrogen functional groups attached to an aromatic ring is 1. The summed E-state index contributed by atoms with van der Waals surface area (Å²) in [5.74, 6) is 2.77. The number of nitrogens with two attached hydrogens (primary N) is 1. The van der Waals surface area contributed by atoms with Gasteiger partial charge >= 0.3 is 0 Å². The fourth-order valence-corrected chi connectivity index (χ4v) is 10.7. The molecule has 0 aliphatic heterocycles. The molecule has 45 heavy (non-hydrogen) atoms. The number of benzene rings is 2. The van der Waals surface area contributed by atoms with Crippen molar-refractivity contribution in [1.82, 2.24) is 0 Å². The Labute approximate surface area is 274 Å². The number of anilines is 1. The molecule has 3 saturated carbocycles. The zero-order valence-electron chi connectivity index (χ0n) is 28.9. The van der Waals surface area contributed by atoms with Crippen molar-refractivity contribution in [2.24, 2.45) is 34.5 Å². The van der Waals surface area contributed by atoms with E-state index in [-0.39, 0.29) is 16.4 Å². The number of allylic oxidation sites excluding steroid dienone is 6. The average molecular weight is 606 g/mol. The highest BCUT2D eigenvalue weighted by atomic mass is 16.5. The van der Waals surface area contributed by atoms with Crippen LogP contribution in [0.1, 0.15) is 95.2 Å². The van der Waals surface area contributed by atoms with Crippen LogP contribution in [0.5, 0.6) is 0 Å². The SMILES string of the molecule is C=CCC(CC)C1(CCc2ccccc2C)CCC2C3CCC4=CC(=C)C=CC4(C)C3CCC21OC.CCc1cccc(N)c1. The molecule has 0 radical (unpaired) electrons. The number of aryl methyl sites for hydroxylation is 3. The van der Waals surface area contributed by atoms with Gasteiger partial charge < -0.3 is 10.5 Å². The minimum atomic E-state index is -0.0138. The lowest BCUT2D eigenvalue weighted by Crippen LogP contribution is -2.60. The second-order valence-electron chi connectivity index (χ2n) is 14.8. The molecule has 0 spiro atoms. The Hall–Kier alpha value is -2.84. The van der Waals surface area contributed by atoms with Crippen LogP contribution in [0.25, 0.3) is 0 Å². The van der Waals surface area contributed by atoms with E-state index in [4.69, 9.17) is 10.5 Å². The first-order chi connectivity index (χ1) is 21.7. The molecule has 6 rings (SSSR count). The maximum Gasteiger partial charge on any atom is 0.0768 e. The number of ether oxygens (including phenoxy) is 1. The van der Waals surface area contributed by atoms with E-state index < -0.39 is 0 Å². The lowest BCUT2D eigenvalue weighted by Gasteiger charge is -2.61. The molecule has 0 saturated heterocycles. The Kier molecular flexibility index (Phi) is 10.3. The molecule has 2 aromatic carbocycles. The van der Waals surface area contributed by atoms with Crippen molar-refractivity contribution in [3.05, 3.63) is 114 Å². The van der Waals surface area contributed by atoms with Gasteiger partial charge in [-0.2, -0.15) is 0 Å². The molecule has 242 valence electrons. The average Bonchev–Trinajstić information content (AvgIpc) is 3.39. The zero-order chi connectivity index (χ0) is 32.2. The highest BCUT2D eigenvalue weighted by Crippen LogP contribution is 2.70. The van der Waals surface area contributed by atoms with E-state index in [1.165, 1.54) is 73.6 Å². The Morgan fingerprint density at radius 1 is 1.04 bits per heavy atom. The molecule has 2 nitrogen and oxygen atoms in total. The van der Waals surface area contributed by atoms with Crippen LogP contribution in [-0.2, 0) is 17.6 Å².